The summed E-state index contributed by atoms with van der Waals surface area (Å²) in [6.45, 7) is 9.43. The summed E-state index contributed by atoms with van der Waals surface area (Å²) in [4.78, 5) is 0. The topological polar surface area (TPSA) is 63.2 Å². The molecular formula is C12H29O3PS. The first-order chi connectivity index (χ1) is 7.97. The van der Waals surface area contributed by atoms with Crippen molar-refractivity contribution >= 4 is 18.6 Å². The molecule has 0 atom stereocenters. The summed E-state index contributed by atoms with van der Waals surface area (Å²) >= 11 is -3.11. The van der Waals surface area contributed by atoms with Gasteiger partial charge in [0.1, 0.15) is 0 Å². The van der Waals surface area contributed by atoms with Crippen molar-refractivity contribution in [2.45, 2.75) is 53.4 Å². The molecule has 106 valence electrons. The van der Waals surface area contributed by atoms with E-state index >= 15 is 0 Å². The number of hydrogen-bond acceptors (Lipinski definition) is 3. The summed E-state index contributed by atoms with van der Waals surface area (Å²) < 4.78 is 25.3. The fourth-order valence-corrected chi connectivity index (χ4v) is 7.70. The van der Waals surface area contributed by atoms with Gasteiger partial charge in [0.25, 0.3) is 0 Å². The molecule has 0 heterocycles. The zero-order valence-corrected chi connectivity index (χ0v) is 13.4. The standard InChI is InChI=1S/C12H28P.H2O3S/c1-5-9-13(10-6-2,11-7-3)12-8-4;1-4(2)3/h5-12H2,1-4H3;(H2,1,2,3)/q+1;/p-1. The Balaban J connectivity index is -0.000000392. The molecule has 0 aromatic heterocycles. The molecule has 5 heteroatoms. The second-order valence-electron chi connectivity index (χ2n) is 4.44. The van der Waals surface area contributed by atoms with E-state index in [0.717, 1.165) is 0 Å². The van der Waals surface area contributed by atoms with Crippen LogP contribution in [0.5, 0.6) is 0 Å². The second-order valence-corrected chi connectivity index (χ2v) is 9.32. The largest absolute Gasteiger partial charge is 1.00 e. The summed E-state index contributed by atoms with van der Waals surface area (Å²) in [6, 6.07) is 0. The third-order valence-corrected chi connectivity index (χ3v) is 8.38. The fraction of sp³-hybridized carbons (Fsp3) is 1.00. The zero-order chi connectivity index (χ0) is 13.7. The van der Waals surface area contributed by atoms with E-state index in [9.17, 15) is 0 Å². The molecule has 0 radical (unpaired) electrons. The van der Waals surface area contributed by atoms with Crippen LogP contribution in [-0.4, -0.2) is 38.0 Å². The zero-order valence-electron chi connectivity index (χ0n) is 12.7. The minimum atomic E-state index is -3.11. The molecule has 0 saturated carbocycles. The SMILES string of the molecule is CCC[P+](CCC)(CCC)CCC.O=S([O-])[O-].[H+]. The lowest BCUT2D eigenvalue weighted by Gasteiger charge is -2.26. The Morgan fingerprint density at radius 1 is 0.824 bits per heavy atom. The first-order valence-electron chi connectivity index (χ1n) is 6.59. The van der Waals surface area contributed by atoms with Crippen molar-refractivity contribution in [2.75, 3.05) is 24.6 Å². The van der Waals surface area contributed by atoms with E-state index in [1.54, 1.807) is 24.6 Å². The fourth-order valence-electron chi connectivity index (χ4n) is 2.57. The summed E-state index contributed by atoms with van der Waals surface area (Å²) in [5.74, 6) is 0. The van der Waals surface area contributed by atoms with Gasteiger partial charge in [0.05, 0.1) is 24.6 Å². The van der Waals surface area contributed by atoms with Crippen molar-refractivity contribution in [2.24, 2.45) is 0 Å². The monoisotopic (exact) mass is 284 g/mol. The minimum absolute atomic E-state index is 0. The van der Waals surface area contributed by atoms with Gasteiger partial charge in [-0.05, 0) is 25.7 Å². The molecule has 0 aliphatic heterocycles. The van der Waals surface area contributed by atoms with Crippen molar-refractivity contribution in [1.82, 2.24) is 0 Å². The van der Waals surface area contributed by atoms with E-state index in [0.29, 0.717) is 0 Å². The van der Waals surface area contributed by atoms with E-state index in [2.05, 4.69) is 27.7 Å². The maximum absolute atomic E-state index is 8.44. The van der Waals surface area contributed by atoms with E-state index < -0.39 is 18.6 Å². The third-order valence-electron chi connectivity index (χ3n) is 2.79. The molecule has 0 unspecified atom stereocenters. The van der Waals surface area contributed by atoms with Gasteiger partial charge >= 0.3 is 1.43 Å². The first-order valence-corrected chi connectivity index (χ1v) is 10.1. The first kappa shape index (κ1) is 19.8. The molecule has 0 aromatic carbocycles. The maximum atomic E-state index is 8.44. The van der Waals surface area contributed by atoms with Crippen LogP contribution in [0.3, 0.4) is 0 Å². The molecule has 0 aromatic rings. The number of rotatable bonds is 8. The van der Waals surface area contributed by atoms with Crippen molar-refractivity contribution in [3.05, 3.63) is 0 Å². The van der Waals surface area contributed by atoms with Gasteiger partial charge in [0.15, 0.2) is 0 Å². The van der Waals surface area contributed by atoms with E-state index in [4.69, 9.17) is 13.3 Å². The van der Waals surface area contributed by atoms with Gasteiger partial charge in [0, 0.05) is 7.26 Å². The molecule has 0 aliphatic rings. The molecule has 0 N–H and O–H groups in total. The van der Waals surface area contributed by atoms with Gasteiger partial charge < -0.3 is 9.11 Å². The quantitative estimate of drug-likeness (QED) is 0.503. The molecule has 0 spiro atoms. The molecule has 0 rings (SSSR count). The van der Waals surface area contributed by atoms with Crippen LogP contribution in [0, 0.1) is 0 Å². The number of hydrogen-bond donors (Lipinski definition) is 0. The Hall–Kier alpha value is 0.500. The Bertz CT molecular complexity index is 161. The summed E-state index contributed by atoms with van der Waals surface area (Å²) in [7, 11) is -0.496. The van der Waals surface area contributed by atoms with Gasteiger partial charge in [0.2, 0.25) is 0 Å². The molecule has 0 saturated heterocycles. The van der Waals surface area contributed by atoms with Gasteiger partial charge in [-0.25, -0.2) is 0 Å². The highest BCUT2D eigenvalue weighted by molar-refractivity contribution is 7.75. The van der Waals surface area contributed by atoms with Crippen LogP contribution in [0.4, 0.5) is 0 Å². The smallest absolute Gasteiger partial charge is 0.784 e. The Morgan fingerprint density at radius 2 is 1.00 bits per heavy atom. The molecule has 17 heavy (non-hydrogen) atoms. The second kappa shape index (κ2) is 12.9. The van der Waals surface area contributed by atoms with Crippen LogP contribution in [0.1, 0.15) is 54.8 Å². The molecule has 0 amide bonds. The maximum Gasteiger partial charge on any atom is 1.00 e. The van der Waals surface area contributed by atoms with E-state index in [1.165, 1.54) is 25.7 Å². The Kier molecular flexibility index (Phi) is 15.1. The molecule has 0 fully saturated rings. The molecule has 0 bridgehead atoms. The summed E-state index contributed by atoms with van der Waals surface area (Å²) in [5.41, 5.74) is 0. The predicted molar refractivity (Wildman–Crippen MR) is 78.4 cm³/mol. The third kappa shape index (κ3) is 12.7. The molecule has 3 nitrogen and oxygen atoms in total. The minimum Gasteiger partial charge on any atom is -0.784 e. The van der Waals surface area contributed by atoms with Crippen LogP contribution in [-0.2, 0) is 11.4 Å². The van der Waals surface area contributed by atoms with Crippen molar-refractivity contribution in [3.63, 3.8) is 0 Å². The molecular weight excluding hydrogens is 255 g/mol. The highest BCUT2D eigenvalue weighted by Crippen LogP contribution is 2.60. The van der Waals surface area contributed by atoms with Gasteiger partial charge in [-0.3, -0.25) is 4.21 Å². The predicted octanol–water partition coefficient (Wildman–Crippen LogP) is 3.75. The van der Waals surface area contributed by atoms with Crippen molar-refractivity contribution in [1.29, 1.82) is 0 Å². The van der Waals surface area contributed by atoms with E-state index in [1.807, 2.05) is 0 Å². The van der Waals surface area contributed by atoms with Crippen LogP contribution in [0.15, 0.2) is 0 Å². The van der Waals surface area contributed by atoms with Crippen LogP contribution in [0.2, 0.25) is 0 Å². The van der Waals surface area contributed by atoms with Gasteiger partial charge in [-0.2, -0.15) is 0 Å². The Labute approximate surface area is 112 Å². The van der Waals surface area contributed by atoms with Crippen LogP contribution in [0.25, 0.3) is 0 Å². The normalized spacial score (nSPS) is 11.2. The molecule has 0 aliphatic carbocycles. The highest BCUT2D eigenvalue weighted by Gasteiger charge is 2.32. The van der Waals surface area contributed by atoms with E-state index in [-0.39, 0.29) is 1.43 Å². The van der Waals surface area contributed by atoms with Gasteiger partial charge in [-0.1, -0.05) is 27.7 Å². The van der Waals surface area contributed by atoms with Crippen molar-refractivity contribution in [3.8, 4) is 0 Å². The average Bonchev–Trinajstić information content (AvgIpc) is 2.18. The van der Waals surface area contributed by atoms with Gasteiger partial charge in [-0.15, -0.1) is 11.4 Å². The summed E-state index contributed by atoms with van der Waals surface area (Å²) in [6.07, 6.45) is 11.9. The average molecular weight is 284 g/mol. The summed E-state index contributed by atoms with van der Waals surface area (Å²) in [5, 5.41) is 0. The lowest BCUT2D eigenvalue weighted by molar-refractivity contribution is 0.419. The lowest BCUT2D eigenvalue weighted by atomic mass is 10.5. The highest BCUT2D eigenvalue weighted by atomic mass is 32.2. The lowest BCUT2D eigenvalue weighted by Crippen LogP contribution is -2.10. The van der Waals surface area contributed by atoms with Crippen molar-refractivity contribution < 1.29 is 14.7 Å². The Morgan fingerprint density at radius 3 is 1.12 bits per heavy atom. The van der Waals surface area contributed by atoms with Crippen LogP contribution < -0.4 is 0 Å². The van der Waals surface area contributed by atoms with Crippen LogP contribution >= 0.6 is 7.26 Å².